The number of non-ortho nitro benzene ring substituents is 1. The third-order valence-corrected chi connectivity index (χ3v) is 4.13. The second-order valence-corrected chi connectivity index (χ2v) is 7.15. The van der Waals surface area contributed by atoms with E-state index in [4.69, 9.17) is 4.74 Å². The molecule has 1 aliphatic rings. The SMILES string of the molecule is CC(C)(C)OC(=O)N1CCC[C@]1(Cc1ccc([N+](=O)[O-])cc1)C(=O)[O-]. The average molecular weight is 349 g/mol. The van der Waals surface area contributed by atoms with Gasteiger partial charge in [0.25, 0.3) is 5.69 Å². The molecule has 1 aromatic carbocycles. The largest absolute Gasteiger partial charge is 0.548 e. The molecule has 0 N–H and O–H groups in total. The summed E-state index contributed by atoms with van der Waals surface area (Å²) in [6, 6.07) is 5.61. The third-order valence-electron chi connectivity index (χ3n) is 4.13. The van der Waals surface area contributed by atoms with Gasteiger partial charge in [-0.3, -0.25) is 15.0 Å². The molecular formula is C17H21N2O6-. The van der Waals surface area contributed by atoms with Crippen LogP contribution in [0.25, 0.3) is 0 Å². The topological polar surface area (TPSA) is 113 Å². The van der Waals surface area contributed by atoms with Gasteiger partial charge in [-0.05, 0) is 39.2 Å². The van der Waals surface area contributed by atoms with Gasteiger partial charge in [-0.1, -0.05) is 12.1 Å². The molecule has 1 aliphatic heterocycles. The van der Waals surface area contributed by atoms with E-state index in [1.165, 1.54) is 29.2 Å². The van der Waals surface area contributed by atoms with Crippen LogP contribution in [0, 0.1) is 10.1 Å². The molecule has 0 saturated carbocycles. The summed E-state index contributed by atoms with van der Waals surface area (Å²) in [6.45, 7) is 5.38. The van der Waals surface area contributed by atoms with E-state index in [1.54, 1.807) is 20.8 Å². The summed E-state index contributed by atoms with van der Waals surface area (Å²) in [5, 5.41) is 22.6. The van der Waals surface area contributed by atoms with Crippen LogP contribution in [0.2, 0.25) is 0 Å². The van der Waals surface area contributed by atoms with Crippen LogP contribution in [0.15, 0.2) is 24.3 Å². The van der Waals surface area contributed by atoms with Crippen LogP contribution in [0.3, 0.4) is 0 Å². The number of aliphatic carboxylic acids is 1. The molecule has 0 bridgehead atoms. The Morgan fingerprint density at radius 1 is 1.28 bits per heavy atom. The Balaban J connectivity index is 2.29. The molecule has 8 heteroatoms. The van der Waals surface area contributed by atoms with Crippen molar-refractivity contribution in [2.24, 2.45) is 0 Å². The van der Waals surface area contributed by atoms with E-state index in [1.807, 2.05) is 0 Å². The van der Waals surface area contributed by atoms with Gasteiger partial charge in [0.1, 0.15) is 5.60 Å². The lowest BCUT2D eigenvalue weighted by atomic mass is 9.88. The second-order valence-electron chi connectivity index (χ2n) is 7.15. The number of carbonyl (C=O) groups excluding carboxylic acids is 2. The van der Waals surface area contributed by atoms with Crippen LogP contribution in [0.5, 0.6) is 0 Å². The third kappa shape index (κ3) is 4.07. The van der Waals surface area contributed by atoms with Crippen molar-refractivity contribution in [3.63, 3.8) is 0 Å². The zero-order valence-electron chi connectivity index (χ0n) is 14.5. The fourth-order valence-corrected chi connectivity index (χ4v) is 3.00. The maximum atomic E-state index is 12.4. The molecule has 0 unspecified atom stereocenters. The molecule has 1 saturated heterocycles. The van der Waals surface area contributed by atoms with Crippen molar-refractivity contribution in [3.05, 3.63) is 39.9 Å². The normalized spacial score (nSPS) is 20.4. The number of likely N-dealkylation sites (tertiary alicyclic amines) is 1. The molecule has 1 fully saturated rings. The summed E-state index contributed by atoms with van der Waals surface area (Å²) in [5.41, 5.74) is -1.77. The highest BCUT2D eigenvalue weighted by molar-refractivity contribution is 5.84. The quantitative estimate of drug-likeness (QED) is 0.603. The summed E-state index contributed by atoms with van der Waals surface area (Å²) < 4.78 is 5.32. The molecule has 1 aromatic rings. The second kappa shape index (κ2) is 6.70. The Hall–Kier alpha value is -2.64. The first-order valence-corrected chi connectivity index (χ1v) is 8.00. The maximum absolute atomic E-state index is 12.4. The van der Waals surface area contributed by atoms with E-state index >= 15 is 0 Å². The number of nitro groups is 1. The predicted molar refractivity (Wildman–Crippen MR) is 86.7 cm³/mol. The molecule has 0 aliphatic carbocycles. The highest BCUT2D eigenvalue weighted by Crippen LogP contribution is 2.34. The van der Waals surface area contributed by atoms with Gasteiger partial charge < -0.3 is 14.6 Å². The van der Waals surface area contributed by atoms with Crippen LogP contribution in [0.4, 0.5) is 10.5 Å². The van der Waals surface area contributed by atoms with Gasteiger partial charge >= 0.3 is 6.09 Å². The number of nitro benzene ring substituents is 1. The molecule has 25 heavy (non-hydrogen) atoms. The van der Waals surface area contributed by atoms with Gasteiger partial charge in [-0.25, -0.2) is 4.79 Å². The van der Waals surface area contributed by atoms with Crippen molar-refractivity contribution >= 4 is 17.7 Å². The van der Waals surface area contributed by atoms with Gasteiger partial charge in [-0.15, -0.1) is 0 Å². The first kappa shape index (κ1) is 18.7. The lowest BCUT2D eigenvalue weighted by Gasteiger charge is -2.40. The minimum Gasteiger partial charge on any atom is -0.548 e. The predicted octanol–water partition coefficient (Wildman–Crippen LogP) is 1.66. The van der Waals surface area contributed by atoms with E-state index < -0.39 is 28.1 Å². The number of rotatable bonds is 4. The van der Waals surface area contributed by atoms with Crippen LogP contribution in [-0.4, -0.2) is 39.6 Å². The molecule has 1 amide bonds. The van der Waals surface area contributed by atoms with E-state index in [2.05, 4.69) is 0 Å². The number of hydrogen-bond acceptors (Lipinski definition) is 6. The summed E-state index contributed by atoms with van der Waals surface area (Å²) >= 11 is 0. The molecule has 0 spiro atoms. The van der Waals surface area contributed by atoms with Gasteiger partial charge in [0.2, 0.25) is 0 Å². The first-order valence-electron chi connectivity index (χ1n) is 8.00. The zero-order chi connectivity index (χ0) is 18.8. The first-order chi connectivity index (χ1) is 11.5. The van der Waals surface area contributed by atoms with Crippen LogP contribution >= 0.6 is 0 Å². The molecule has 136 valence electrons. The Kier molecular flexibility index (Phi) is 5.01. The maximum Gasteiger partial charge on any atom is 0.411 e. The van der Waals surface area contributed by atoms with Gasteiger partial charge in [-0.2, -0.15) is 0 Å². The van der Waals surface area contributed by atoms with E-state index in [-0.39, 0.29) is 25.1 Å². The van der Waals surface area contributed by atoms with Gasteiger partial charge in [0, 0.05) is 25.1 Å². The fraction of sp³-hybridized carbons (Fsp3) is 0.529. The molecule has 0 aromatic heterocycles. The number of carboxylic acid groups (broad SMARTS) is 1. The molecule has 1 heterocycles. The van der Waals surface area contributed by atoms with E-state index in [9.17, 15) is 24.8 Å². The smallest absolute Gasteiger partial charge is 0.411 e. The lowest BCUT2D eigenvalue weighted by Crippen LogP contribution is -2.60. The monoisotopic (exact) mass is 349 g/mol. The van der Waals surface area contributed by atoms with Crippen molar-refractivity contribution < 1.29 is 24.4 Å². The van der Waals surface area contributed by atoms with E-state index in [0.29, 0.717) is 12.0 Å². The number of amides is 1. The van der Waals surface area contributed by atoms with Crippen molar-refractivity contribution in [2.45, 2.75) is 51.2 Å². The molecule has 1 atom stereocenters. The molecule has 8 nitrogen and oxygen atoms in total. The summed E-state index contributed by atoms with van der Waals surface area (Å²) in [4.78, 5) is 35.8. The lowest BCUT2D eigenvalue weighted by molar-refractivity contribution is -0.384. The minimum absolute atomic E-state index is 0.00652. The zero-order valence-corrected chi connectivity index (χ0v) is 14.5. The number of hydrogen-bond donors (Lipinski definition) is 0. The minimum atomic E-state index is -1.52. The number of nitrogens with zero attached hydrogens (tertiary/aromatic N) is 2. The van der Waals surface area contributed by atoms with Crippen molar-refractivity contribution in [2.75, 3.05) is 6.54 Å². The number of ether oxygens (including phenoxy) is 1. The van der Waals surface area contributed by atoms with Crippen molar-refractivity contribution in [3.8, 4) is 0 Å². The standard InChI is InChI=1S/C17H22N2O6/c1-16(2,3)25-15(22)18-10-4-9-17(18,14(20)21)11-12-5-7-13(8-6-12)19(23)24/h5-8H,4,9-11H2,1-3H3,(H,20,21)/p-1/t17-/m0/s1. The van der Waals surface area contributed by atoms with Crippen LogP contribution in [-0.2, 0) is 16.0 Å². The summed E-state index contributed by atoms with van der Waals surface area (Å²) in [5.74, 6) is -1.35. The number of carboxylic acids is 1. The number of benzene rings is 1. The highest BCUT2D eigenvalue weighted by Gasteiger charge is 2.46. The fourth-order valence-electron chi connectivity index (χ4n) is 3.00. The Morgan fingerprint density at radius 2 is 1.88 bits per heavy atom. The highest BCUT2D eigenvalue weighted by atomic mass is 16.6. The Labute approximate surface area is 145 Å². The molecular weight excluding hydrogens is 328 g/mol. The summed E-state index contributed by atoms with van der Waals surface area (Å²) in [7, 11) is 0. The summed E-state index contributed by atoms with van der Waals surface area (Å²) in [6.07, 6.45) is 0.0642. The van der Waals surface area contributed by atoms with Crippen molar-refractivity contribution in [1.82, 2.24) is 4.90 Å². The Bertz CT molecular complexity index is 679. The van der Waals surface area contributed by atoms with Crippen LogP contribution < -0.4 is 5.11 Å². The van der Waals surface area contributed by atoms with Crippen molar-refractivity contribution in [1.29, 1.82) is 0 Å². The molecule has 2 rings (SSSR count). The van der Waals surface area contributed by atoms with Gasteiger partial charge in [0.05, 0.1) is 16.4 Å². The average Bonchev–Trinajstić information content (AvgIpc) is 2.91. The number of carbonyl (C=O) groups is 2. The molecule has 0 radical (unpaired) electrons. The van der Waals surface area contributed by atoms with Crippen LogP contribution in [0.1, 0.15) is 39.2 Å². The Morgan fingerprint density at radius 3 is 2.36 bits per heavy atom. The van der Waals surface area contributed by atoms with E-state index in [0.717, 1.165) is 0 Å². The van der Waals surface area contributed by atoms with Gasteiger partial charge in [0.15, 0.2) is 0 Å².